The minimum atomic E-state index is -0.523. The lowest BCUT2D eigenvalue weighted by molar-refractivity contribution is 0.0423. The number of hydrogen-bond acceptors (Lipinski definition) is 7. The normalized spacial score (nSPS) is 12.0. The van der Waals surface area contributed by atoms with Crippen molar-refractivity contribution in [1.82, 2.24) is 10.3 Å². The van der Waals surface area contributed by atoms with Crippen LogP contribution < -0.4 is 10.1 Å². The van der Waals surface area contributed by atoms with Gasteiger partial charge in [0.1, 0.15) is 11.2 Å². The van der Waals surface area contributed by atoms with Crippen LogP contribution in [-0.4, -0.2) is 49.8 Å². The quantitative estimate of drug-likeness (QED) is 0.439. The molecule has 1 N–H and O–H groups in total. The highest BCUT2D eigenvalue weighted by atomic mass is 35.5. The Hall–Kier alpha value is -1.81. The van der Waals surface area contributed by atoms with Gasteiger partial charge in [-0.25, -0.2) is 4.98 Å². The number of amides is 1. The maximum Gasteiger partial charge on any atom is 0.274 e. The first-order chi connectivity index (χ1) is 13.1. The largest absolute Gasteiger partial charge is 0.495 e. The minimum absolute atomic E-state index is 0.132. The summed E-state index contributed by atoms with van der Waals surface area (Å²) in [5.41, 5.74) is 0.232. The molecule has 7 nitrogen and oxygen atoms in total. The second kappa shape index (κ2) is 11.1. The smallest absolute Gasteiger partial charge is 0.274 e. The SMILES string of the molecule is COc1ccc(-c2ocnc2C(=O)NCCOCCOC(C)SF)cc1Cl. The molecule has 0 saturated heterocycles. The van der Waals surface area contributed by atoms with Gasteiger partial charge in [0.25, 0.3) is 5.91 Å². The van der Waals surface area contributed by atoms with Crippen molar-refractivity contribution in [2.45, 2.75) is 12.4 Å². The van der Waals surface area contributed by atoms with Crippen molar-refractivity contribution in [3.8, 4) is 17.1 Å². The number of methoxy groups -OCH3 is 1. The van der Waals surface area contributed by atoms with E-state index in [-0.39, 0.29) is 37.6 Å². The van der Waals surface area contributed by atoms with Gasteiger partial charge in [0.2, 0.25) is 0 Å². The first kappa shape index (κ1) is 21.5. The van der Waals surface area contributed by atoms with Crippen LogP contribution in [0.3, 0.4) is 0 Å². The van der Waals surface area contributed by atoms with Crippen LogP contribution in [0.15, 0.2) is 29.0 Å². The number of oxazole rings is 1. The minimum Gasteiger partial charge on any atom is -0.495 e. The van der Waals surface area contributed by atoms with E-state index in [4.69, 9.17) is 30.2 Å². The zero-order chi connectivity index (χ0) is 19.6. The Balaban J connectivity index is 1.83. The predicted octanol–water partition coefficient (Wildman–Crippen LogP) is 3.73. The number of aromatic nitrogens is 1. The molecule has 0 fully saturated rings. The van der Waals surface area contributed by atoms with Crippen LogP contribution in [0, 0.1) is 0 Å². The van der Waals surface area contributed by atoms with Crippen LogP contribution in [0.25, 0.3) is 11.3 Å². The second-order valence-electron chi connectivity index (χ2n) is 5.28. The van der Waals surface area contributed by atoms with Crippen LogP contribution in [0.1, 0.15) is 17.4 Å². The molecule has 1 heterocycles. The fourth-order valence-electron chi connectivity index (χ4n) is 2.14. The molecule has 1 aromatic heterocycles. The molecule has 0 bridgehead atoms. The number of carbonyl (C=O) groups excluding carboxylic acids is 1. The van der Waals surface area contributed by atoms with Gasteiger partial charge in [0.05, 0.1) is 44.1 Å². The van der Waals surface area contributed by atoms with Crippen molar-refractivity contribution < 1.29 is 27.3 Å². The molecule has 0 saturated carbocycles. The molecule has 1 amide bonds. The average Bonchev–Trinajstić information content (AvgIpc) is 3.16. The molecule has 0 aliphatic rings. The molecule has 0 aliphatic carbocycles. The summed E-state index contributed by atoms with van der Waals surface area (Å²) < 4.78 is 33.0. The Kier molecular flexibility index (Phi) is 8.86. The number of benzene rings is 1. The summed E-state index contributed by atoms with van der Waals surface area (Å²) in [5, 5.41) is 3.09. The number of nitrogens with zero attached hydrogens (tertiary/aromatic N) is 1. The van der Waals surface area contributed by atoms with E-state index in [1.807, 2.05) is 0 Å². The molecule has 148 valence electrons. The van der Waals surface area contributed by atoms with E-state index in [1.165, 1.54) is 13.5 Å². The molecule has 1 aromatic carbocycles. The maximum absolute atomic E-state index is 12.3. The molecular formula is C17H20ClFN2O5S. The third-order valence-electron chi connectivity index (χ3n) is 3.43. The molecular weight excluding hydrogens is 399 g/mol. The highest BCUT2D eigenvalue weighted by molar-refractivity contribution is 7.94. The van der Waals surface area contributed by atoms with E-state index < -0.39 is 11.3 Å². The van der Waals surface area contributed by atoms with Crippen molar-refractivity contribution in [2.75, 3.05) is 33.5 Å². The Morgan fingerprint density at radius 2 is 2.22 bits per heavy atom. The number of rotatable bonds is 11. The van der Waals surface area contributed by atoms with Crippen LogP contribution in [0.2, 0.25) is 5.02 Å². The Morgan fingerprint density at radius 1 is 1.41 bits per heavy atom. The molecule has 2 rings (SSSR count). The summed E-state index contributed by atoms with van der Waals surface area (Å²) in [7, 11) is 1.52. The maximum atomic E-state index is 12.3. The van der Waals surface area contributed by atoms with E-state index in [0.717, 1.165) is 0 Å². The van der Waals surface area contributed by atoms with Crippen molar-refractivity contribution in [3.05, 3.63) is 35.3 Å². The molecule has 2 aromatic rings. The van der Waals surface area contributed by atoms with Gasteiger partial charge in [-0.2, -0.15) is 3.89 Å². The molecule has 10 heteroatoms. The topological polar surface area (TPSA) is 82.8 Å². The van der Waals surface area contributed by atoms with E-state index in [2.05, 4.69) is 10.3 Å². The lowest BCUT2D eigenvalue weighted by Crippen LogP contribution is -2.28. The van der Waals surface area contributed by atoms with E-state index in [1.54, 1.807) is 25.1 Å². The molecule has 0 radical (unpaired) electrons. The lowest BCUT2D eigenvalue weighted by Gasteiger charge is -2.09. The van der Waals surface area contributed by atoms with Crippen molar-refractivity contribution in [2.24, 2.45) is 0 Å². The summed E-state index contributed by atoms with van der Waals surface area (Å²) in [6, 6.07) is 5.04. The number of carbonyl (C=O) groups is 1. The molecule has 0 spiro atoms. The molecule has 1 unspecified atom stereocenters. The summed E-state index contributed by atoms with van der Waals surface area (Å²) >= 11 is 6.25. The van der Waals surface area contributed by atoms with Gasteiger partial charge in [-0.1, -0.05) is 11.6 Å². The van der Waals surface area contributed by atoms with Gasteiger partial charge in [0.15, 0.2) is 17.8 Å². The zero-order valence-electron chi connectivity index (χ0n) is 14.9. The second-order valence-corrected chi connectivity index (χ2v) is 6.52. The molecule has 1 atom stereocenters. The van der Waals surface area contributed by atoms with Crippen LogP contribution in [-0.2, 0) is 9.47 Å². The average molecular weight is 419 g/mol. The molecule has 0 aliphatic heterocycles. The Morgan fingerprint density at radius 3 is 2.93 bits per heavy atom. The Bertz CT molecular complexity index is 746. The van der Waals surface area contributed by atoms with Gasteiger partial charge < -0.3 is 23.9 Å². The van der Waals surface area contributed by atoms with Crippen LogP contribution in [0.5, 0.6) is 5.75 Å². The van der Waals surface area contributed by atoms with Gasteiger partial charge in [-0.15, -0.1) is 0 Å². The highest BCUT2D eigenvalue weighted by Gasteiger charge is 2.19. The number of halogens is 2. The Labute approximate surface area is 165 Å². The summed E-state index contributed by atoms with van der Waals surface area (Å²) in [4.78, 5) is 16.3. The van der Waals surface area contributed by atoms with Crippen LogP contribution in [0.4, 0.5) is 3.89 Å². The lowest BCUT2D eigenvalue weighted by atomic mass is 10.1. The van der Waals surface area contributed by atoms with Crippen molar-refractivity contribution in [3.63, 3.8) is 0 Å². The predicted molar refractivity (Wildman–Crippen MR) is 101 cm³/mol. The highest BCUT2D eigenvalue weighted by Crippen LogP contribution is 2.31. The summed E-state index contributed by atoms with van der Waals surface area (Å²) in [6.07, 6.45) is 1.19. The van der Waals surface area contributed by atoms with Gasteiger partial charge in [-0.3, -0.25) is 4.79 Å². The van der Waals surface area contributed by atoms with Gasteiger partial charge in [-0.05, 0) is 25.1 Å². The first-order valence-corrected chi connectivity index (χ1v) is 9.25. The number of nitrogens with one attached hydrogen (secondary N) is 1. The zero-order valence-corrected chi connectivity index (χ0v) is 16.4. The third-order valence-corrected chi connectivity index (χ3v) is 4.12. The third kappa shape index (κ3) is 6.39. The monoisotopic (exact) mass is 418 g/mol. The number of hydrogen-bond donors (Lipinski definition) is 1. The van der Waals surface area contributed by atoms with Gasteiger partial charge >= 0.3 is 0 Å². The summed E-state index contributed by atoms with van der Waals surface area (Å²) in [5.74, 6) is 0.434. The first-order valence-electron chi connectivity index (χ1n) is 8.09. The fourth-order valence-corrected chi connectivity index (χ4v) is 2.55. The van der Waals surface area contributed by atoms with Crippen molar-refractivity contribution >= 4 is 29.7 Å². The standard InChI is InChI=1S/C17H20ClFN2O5S/c1-11(27-19)25-8-7-24-6-5-20-17(22)15-16(26-10-21-15)12-3-4-14(23-2)13(18)9-12/h3-4,9-11H,5-8H2,1-2H3,(H,20,22). The van der Waals surface area contributed by atoms with E-state index in [0.29, 0.717) is 28.7 Å². The fraction of sp³-hybridized carbons (Fsp3) is 0.412. The number of ether oxygens (including phenoxy) is 3. The summed E-state index contributed by atoms with van der Waals surface area (Å²) in [6.45, 7) is 2.75. The van der Waals surface area contributed by atoms with E-state index in [9.17, 15) is 8.68 Å². The van der Waals surface area contributed by atoms with Crippen molar-refractivity contribution in [1.29, 1.82) is 0 Å². The van der Waals surface area contributed by atoms with Crippen LogP contribution >= 0.6 is 23.7 Å². The molecule has 27 heavy (non-hydrogen) atoms. The van der Waals surface area contributed by atoms with E-state index >= 15 is 0 Å². The van der Waals surface area contributed by atoms with Gasteiger partial charge in [0, 0.05) is 12.1 Å².